The largest absolute Gasteiger partial charge is 0.493 e. The van der Waals surface area contributed by atoms with Gasteiger partial charge in [-0.3, -0.25) is 9.88 Å². The molecule has 0 bridgehead atoms. The van der Waals surface area contributed by atoms with Gasteiger partial charge in [-0.25, -0.2) is 9.37 Å². The van der Waals surface area contributed by atoms with Gasteiger partial charge in [0.1, 0.15) is 22.2 Å². The van der Waals surface area contributed by atoms with Gasteiger partial charge in [0.25, 0.3) is 0 Å². The van der Waals surface area contributed by atoms with E-state index in [1.807, 2.05) is 31.3 Å². The van der Waals surface area contributed by atoms with E-state index >= 15 is 0 Å². The van der Waals surface area contributed by atoms with E-state index in [0.29, 0.717) is 31.6 Å². The Morgan fingerprint density at radius 3 is 2.77 bits per heavy atom. The lowest BCUT2D eigenvalue weighted by Gasteiger charge is -2.24. The Labute approximate surface area is 186 Å². The Bertz CT molecular complexity index is 980. The molecule has 2 aromatic heterocycles. The van der Waals surface area contributed by atoms with Crippen molar-refractivity contribution in [3.63, 3.8) is 0 Å². The highest BCUT2D eigenvalue weighted by molar-refractivity contribution is 7.11. The predicted molar refractivity (Wildman–Crippen MR) is 120 cm³/mol. The first kappa shape index (κ1) is 21.9. The third-order valence-electron chi connectivity index (χ3n) is 5.72. The van der Waals surface area contributed by atoms with E-state index in [1.165, 1.54) is 12.1 Å². The molecule has 5 nitrogen and oxygen atoms in total. The van der Waals surface area contributed by atoms with Crippen LogP contribution in [-0.4, -0.2) is 39.7 Å². The van der Waals surface area contributed by atoms with Crippen LogP contribution in [0.15, 0.2) is 48.7 Å². The Balaban J connectivity index is 1.35. The minimum absolute atomic E-state index is 0.273. The van der Waals surface area contributed by atoms with Crippen LogP contribution in [0.4, 0.5) is 4.39 Å². The van der Waals surface area contributed by atoms with Gasteiger partial charge in [-0.15, -0.1) is 11.3 Å². The molecule has 4 rings (SSSR count). The Hall–Kier alpha value is -2.35. The highest BCUT2D eigenvalue weighted by atomic mass is 32.1. The van der Waals surface area contributed by atoms with Crippen molar-refractivity contribution in [3.05, 3.63) is 75.8 Å². The first-order chi connectivity index (χ1) is 15.0. The monoisotopic (exact) mass is 441 g/mol. The number of hydrogen-bond donors (Lipinski definition) is 1. The van der Waals surface area contributed by atoms with Crippen LogP contribution >= 0.6 is 11.3 Å². The summed E-state index contributed by atoms with van der Waals surface area (Å²) in [7, 11) is 0. The molecule has 0 aliphatic carbocycles. The van der Waals surface area contributed by atoms with Crippen LogP contribution < -0.4 is 4.74 Å². The number of benzene rings is 1. The van der Waals surface area contributed by atoms with E-state index in [9.17, 15) is 9.50 Å². The molecule has 1 aliphatic heterocycles. The van der Waals surface area contributed by atoms with E-state index in [0.717, 1.165) is 47.3 Å². The van der Waals surface area contributed by atoms with Crippen LogP contribution in [0.25, 0.3) is 0 Å². The molecular formula is C24H28FN3O2S. The number of nitrogens with zero attached hydrogens (tertiary/aromatic N) is 3. The maximum Gasteiger partial charge on any atom is 0.125 e. The second-order valence-corrected chi connectivity index (χ2v) is 9.15. The molecule has 1 fully saturated rings. The minimum atomic E-state index is -0.885. The first-order valence-corrected chi connectivity index (χ1v) is 11.5. The quantitative estimate of drug-likeness (QED) is 0.586. The summed E-state index contributed by atoms with van der Waals surface area (Å²) in [6.07, 6.45) is 4.83. The van der Waals surface area contributed by atoms with Crippen molar-refractivity contribution in [1.82, 2.24) is 14.9 Å². The van der Waals surface area contributed by atoms with Crippen molar-refractivity contribution in [2.24, 2.45) is 0 Å². The molecule has 3 aromatic rings. The van der Waals surface area contributed by atoms with Gasteiger partial charge in [0, 0.05) is 30.6 Å². The van der Waals surface area contributed by atoms with Crippen LogP contribution in [0.2, 0.25) is 0 Å². The molecule has 0 spiro atoms. The Kier molecular flexibility index (Phi) is 6.95. The van der Waals surface area contributed by atoms with Gasteiger partial charge in [-0.2, -0.15) is 0 Å². The fourth-order valence-electron chi connectivity index (χ4n) is 3.92. The molecule has 1 N–H and O–H groups in total. The van der Waals surface area contributed by atoms with E-state index < -0.39 is 5.60 Å². The van der Waals surface area contributed by atoms with Crippen LogP contribution in [0, 0.1) is 12.7 Å². The molecule has 0 saturated carbocycles. The van der Waals surface area contributed by atoms with E-state index in [-0.39, 0.29) is 5.82 Å². The van der Waals surface area contributed by atoms with Gasteiger partial charge in [0.2, 0.25) is 0 Å². The number of ether oxygens (including phenoxy) is 1. The van der Waals surface area contributed by atoms with Gasteiger partial charge in [0.15, 0.2) is 0 Å². The molecule has 7 heteroatoms. The number of aromatic nitrogens is 2. The number of halogens is 1. The van der Waals surface area contributed by atoms with Crippen molar-refractivity contribution in [1.29, 1.82) is 0 Å². The maximum absolute atomic E-state index is 13.0. The number of likely N-dealkylation sites (tertiary alicyclic amines) is 1. The minimum Gasteiger partial charge on any atom is -0.493 e. The smallest absolute Gasteiger partial charge is 0.125 e. The summed E-state index contributed by atoms with van der Waals surface area (Å²) in [5.41, 5.74) is 1.12. The molecular weight excluding hydrogens is 413 g/mol. The van der Waals surface area contributed by atoms with Crippen molar-refractivity contribution >= 4 is 11.3 Å². The predicted octanol–water partition coefficient (Wildman–Crippen LogP) is 4.48. The van der Waals surface area contributed by atoms with Crippen LogP contribution in [0.5, 0.6) is 5.75 Å². The summed E-state index contributed by atoms with van der Waals surface area (Å²) >= 11 is 1.58. The van der Waals surface area contributed by atoms with E-state index in [1.54, 1.807) is 23.5 Å². The topological polar surface area (TPSA) is 58.5 Å². The van der Waals surface area contributed by atoms with Gasteiger partial charge < -0.3 is 9.84 Å². The van der Waals surface area contributed by atoms with Crippen molar-refractivity contribution in [2.75, 3.05) is 19.7 Å². The van der Waals surface area contributed by atoms with Crippen molar-refractivity contribution in [2.45, 2.75) is 44.8 Å². The van der Waals surface area contributed by atoms with E-state index in [4.69, 9.17) is 9.72 Å². The zero-order valence-corrected chi connectivity index (χ0v) is 18.6. The van der Waals surface area contributed by atoms with Crippen molar-refractivity contribution < 1.29 is 14.2 Å². The van der Waals surface area contributed by atoms with Crippen LogP contribution in [0.1, 0.15) is 40.5 Å². The third kappa shape index (κ3) is 5.67. The number of pyridine rings is 1. The lowest BCUT2D eigenvalue weighted by Crippen LogP contribution is -2.29. The molecule has 0 amide bonds. The second-order valence-electron chi connectivity index (χ2n) is 8.06. The average Bonchev–Trinajstić information content (AvgIpc) is 3.04. The second kappa shape index (κ2) is 9.85. The normalized spacial score (nSPS) is 19.8. The molecule has 1 unspecified atom stereocenters. The number of hydrogen-bond acceptors (Lipinski definition) is 6. The molecule has 1 saturated heterocycles. The molecule has 0 radical (unpaired) electrons. The Morgan fingerprint density at radius 2 is 2.00 bits per heavy atom. The number of rotatable bonds is 7. The lowest BCUT2D eigenvalue weighted by atomic mass is 9.96. The SMILES string of the molecule is Cc1nc(C2(O)CCCN(Cc3ccccn3)CC2)sc1CCOc1ccc(F)cc1. The number of thiazole rings is 1. The lowest BCUT2D eigenvalue weighted by molar-refractivity contribution is 0.0206. The molecule has 1 aromatic carbocycles. The zero-order chi connectivity index (χ0) is 21.7. The maximum atomic E-state index is 13.0. The molecule has 3 heterocycles. The standard InChI is InChI=1S/C24H28FN3O2S/c1-18-22(10-16-30-21-8-6-19(25)7-9-21)31-23(27-18)24(29)11-4-14-28(15-12-24)17-20-5-2-3-13-26-20/h2-3,5-9,13,29H,4,10-12,14-17H2,1H3. The summed E-state index contributed by atoms with van der Waals surface area (Å²) in [6.45, 7) is 5.04. The fourth-order valence-corrected chi connectivity index (χ4v) is 5.11. The van der Waals surface area contributed by atoms with E-state index in [2.05, 4.69) is 9.88 Å². The number of aryl methyl sites for hydroxylation is 1. The average molecular weight is 442 g/mol. The molecule has 1 atom stereocenters. The first-order valence-electron chi connectivity index (χ1n) is 10.7. The summed E-state index contributed by atoms with van der Waals surface area (Å²) in [5.74, 6) is 0.379. The van der Waals surface area contributed by atoms with Gasteiger partial charge in [0.05, 0.1) is 18.0 Å². The summed E-state index contributed by atoms with van der Waals surface area (Å²) < 4.78 is 18.7. The molecule has 1 aliphatic rings. The summed E-state index contributed by atoms with van der Waals surface area (Å²) in [5, 5.41) is 12.2. The summed E-state index contributed by atoms with van der Waals surface area (Å²) in [6, 6.07) is 12.0. The highest BCUT2D eigenvalue weighted by Gasteiger charge is 2.35. The third-order valence-corrected chi connectivity index (χ3v) is 7.13. The van der Waals surface area contributed by atoms with Gasteiger partial charge >= 0.3 is 0 Å². The van der Waals surface area contributed by atoms with Crippen LogP contribution in [0.3, 0.4) is 0 Å². The molecule has 164 valence electrons. The highest BCUT2D eigenvalue weighted by Crippen LogP contribution is 2.37. The van der Waals surface area contributed by atoms with Gasteiger partial charge in [-0.05, 0) is 69.1 Å². The fraction of sp³-hybridized carbons (Fsp3) is 0.417. The van der Waals surface area contributed by atoms with Crippen LogP contribution in [-0.2, 0) is 18.6 Å². The molecule has 31 heavy (non-hydrogen) atoms. The summed E-state index contributed by atoms with van der Waals surface area (Å²) in [4.78, 5) is 12.6. The van der Waals surface area contributed by atoms with Gasteiger partial charge in [-0.1, -0.05) is 6.07 Å². The zero-order valence-electron chi connectivity index (χ0n) is 17.8. The Morgan fingerprint density at radius 1 is 1.16 bits per heavy atom. The van der Waals surface area contributed by atoms with Crippen molar-refractivity contribution in [3.8, 4) is 5.75 Å². The number of aliphatic hydroxyl groups is 1.